The summed E-state index contributed by atoms with van der Waals surface area (Å²) in [6, 6.07) is 6.28. The van der Waals surface area contributed by atoms with Crippen molar-refractivity contribution in [2.45, 2.75) is 32.8 Å². The number of aryl methyl sites for hydroxylation is 1. The van der Waals surface area contributed by atoms with Crippen molar-refractivity contribution in [3.8, 4) is 0 Å². The predicted molar refractivity (Wildman–Crippen MR) is 88.7 cm³/mol. The van der Waals surface area contributed by atoms with Gasteiger partial charge in [0.25, 0.3) is 0 Å². The molecule has 0 spiro atoms. The van der Waals surface area contributed by atoms with Gasteiger partial charge < -0.3 is 10.1 Å². The first kappa shape index (κ1) is 17.9. The van der Waals surface area contributed by atoms with Gasteiger partial charge in [0.05, 0.1) is 12.7 Å². The van der Waals surface area contributed by atoms with Crippen molar-refractivity contribution >= 4 is 5.91 Å². The molecule has 0 aromatic heterocycles. The number of carbonyl (C=O) groups is 1. The van der Waals surface area contributed by atoms with Gasteiger partial charge in [0, 0.05) is 32.6 Å². The normalized spacial score (nSPS) is 19.0. The lowest BCUT2D eigenvalue weighted by Crippen LogP contribution is -2.48. The van der Waals surface area contributed by atoms with Crippen molar-refractivity contribution in [3.63, 3.8) is 0 Å². The summed E-state index contributed by atoms with van der Waals surface area (Å²) < 4.78 is 18.5. The van der Waals surface area contributed by atoms with Crippen molar-refractivity contribution in [1.82, 2.24) is 10.2 Å². The van der Waals surface area contributed by atoms with E-state index in [2.05, 4.69) is 24.1 Å². The maximum Gasteiger partial charge on any atom is 0.220 e. The maximum atomic E-state index is 12.8. The third-order valence-electron chi connectivity index (χ3n) is 3.93. The van der Waals surface area contributed by atoms with Crippen LogP contribution in [0.2, 0.25) is 0 Å². The monoisotopic (exact) mass is 322 g/mol. The topological polar surface area (TPSA) is 41.6 Å². The second kappa shape index (κ2) is 8.99. The van der Waals surface area contributed by atoms with Crippen LogP contribution in [0.1, 0.15) is 25.8 Å². The van der Waals surface area contributed by atoms with Crippen molar-refractivity contribution in [2.75, 3.05) is 32.8 Å². The Balaban J connectivity index is 1.66. The highest BCUT2D eigenvalue weighted by atomic mass is 19.1. The third-order valence-corrected chi connectivity index (χ3v) is 3.93. The Hall–Kier alpha value is -1.46. The zero-order valence-corrected chi connectivity index (χ0v) is 14.1. The van der Waals surface area contributed by atoms with Crippen molar-refractivity contribution < 1.29 is 13.9 Å². The summed E-state index contributed by atoms with van der Waals surface area (Å²) in [6.07, 6.45) is 1.10. The molecule has 0 bridgehead atoms. The molecule has 0 aliphatic carbocycles. The number of hydrogen-bond donors (Lipinski definition) is 1. The number of hydrogen-bond acceptors (Lipinski definition) is 3. The number of morpholine rings is 1. The lowest BCUT2D eigenvalue weighted by atomic mass is 10.1. The minimum Gasteiger partial charge on any atom is -0.374 e. The molecule has 128 valence electrons. The largest absolute Gasteiger partial charge is 0.374 e. The van der Waals surface area contributed by atoms with Crippen molar-refractivity contribution in [2.24, 2.45) is 5.92 Å². The molecule has 1 amide bonds. The molecule has 1 unspecified atom stereocenters. The summed E-state index contributed by atoms with van der Waals surface area (Å²) >= 11 is 0. The quantitative estimate of drug-likeness (QED) is 0.837. The number of nitrogens with one attached hydrogen (secondary N) is 1. The molecule has 1 aliphatic heterocycles. The van der Waals surface area contributed by atoms with Gasteiger partial charge >= 0.3 is 0 Å². The predicted octanol–water partition coefficient (Wildman–Crippen LogP) is 2.23. The van der Waals surface area contributed by atoms with Crippen molar-refractivity contribution in [1.29, 1.82) is 0 Å². The molecule has 0 radical (unpaired) electrons. The SMILES string of the molecule is CC(C)CN1CCOC(CNC(=O)CCc2ccc(F)cc2)C1. The fourth-order valence-electron chi connectivity index (χ4n) is 2.81. The fraction of sp³-hybridized carbons (Fsp3) is 0.611. The average molecular weight is 322 g/mol. The van der Waals surface area contributed by atoms with Gasteiger partial charge in [0.1, 0.15) is 5.82 Å². The van der Waals surface area contributed by atoms with E-state index in [0.29, 0.717) is 25.3 Å². The van der Waals surface area contributed by atoms with Gasteiger partial charge in [-0.15, -0.1) is 0 Å². The molecule has 5 heteroatoms. The van der Waals surface area contributed by atoms with Gasteiger partial charge in [-0.3, -0.25) is 9.69 Å². The Bertz CT molecular complexity index is 490. The molecular formula is C18H27FN2O2. The van der Waals surface area contributed by atoms with E-state index >= 15 is 0 Å². The molecule has 1 aliphatic rings. The van der Waals surface area contributed by atoms with Gasteiger partial charge in [-0.25, -0.2) is 4.39 Å². The van der Waals surface area contributed by atoms with E-state index < -0.39 is 0 Å². The van der Waals surface area contributed by atoms with Crippen LogP contribution in [-0.2, 0) is 16.0 Å². The third kappa shape index (κ3) is 6.67. The summed E-state index contributed by atoms with van der Waals surface area (Å²) in [5.41, 5.74) is 0.971. The van der Waals surface area contributed by atoms with Gasteiger partial charge in [-0.05, 0) is 30.0 Å². The van der Waals surface area contributed by atoms with E-state index in [1.807, 2.05) is 0 Å². The summed E-state index contributed by atoms with van der Waals surface area (Å²) in [7, 11) is 0. The molecule has 23 heavy (non-hydrogen) atoms. The summed E-state index contributed by atoms with van der Waals surface area (Å²) in [4.78, 5) is 14.3. The summed E-state index contributed by atoms with van der Waals surface area (Å²) in [5, 5.41) is 2.94. The molecule has 1 heterocycles. The Morgan fingerprint density at radius 1 is 1.39 bits per heavy atom. The standard InChI is InChI=1S/C18H27FN2O2/c1-14(2)12-21-9-10-23-17(13-21)11-20-18(22)8-5-15-3-6-16(19)7-4-15/h3-4,6-7,14,17H,5,8-13H2,1-2H3,(H,20,22). The number of benzene rings is 1. The van der Waals surface area contributed by atoms with Crippen LogP contribution in [0.15, 0.2) is 24.3 Å². The molecular weight excluding hydrogens is 295 g/mol. The highest BCUT2D eigenvalue weighted by Gasteiger charge is 2.21. The van der Waals surface area contributed by atoms with E-state index in [1.165, 1.54) is 12.1 Å². The van der Waals surface area contributed by atoms with Crippen LogP contribution in [0.5, 0.6) is 0 Å². The number of ether oxygens (including phenoxy) is 1. The molecule has 1 fully saturated rings. The Morgan fingerprint density at radius 3 is 2.83 bits per heavy atom. The van der Waals surface area contributed by atoms with Crippen LogP contribution in [0.25, 0.3) is 0 Å². The first-order valence-electron chi connectivity index (χ1n) is 8.38. The smallest absolute Gasteiger partial charge is 0.220 e. The van der Waals surface area contributed by atoms with Gasteiger partial charge in [-0.2, -0.15) is 0 Å². The zero-order valence-electron chi connectivity index (χ0n) is 14.1. The average Bonchev–Trinajstić information content (AvgIpc) is 2.52. The Kier molecular flexibility index (Phi) is 6.99. The van der Waals surface area contributed by atoms with Gasteiger partial charge in [0.2, 0.25) is 5.91 Å². The molecule has 1 aromatic carbocycles. The zero-order chi connectivity index (χ0) is 16.7. The van der Waals surface area contributed by atoms with Crippen LogP contribution in [0.4, 0.5) is 4.39 Å². The van der Waals surface area contributed by atoms with E-state index in [4.69, 9.17) is 4.74 Å². The number of rotatable bonds is 7. The highest BCUT2D eigenvalue weighted by molar-refractivity contribution is 5.76. The Labute approximate surface area is 138 Å². The number of amides is 1. The van der Waals surface area contributed by atoms with E-state index in [9.17, 15) is 9.18 Å². The minimum atomic E-state index is -0.251. The van der Waals surface area contributed by atoms with E-state index in [-0.39, 0.29) is 17.8 Å². The molecule has 1 aromatic rings. The van der Waals surface area contributed by atoms with Crippen LogP contribution in [0.3, 0.4) is 0 Å². The van der Waals surface area contributed by atoms with Crippen LogP contribution in [0, 0.1) is 11.7 Å². The first-order valence-corrected chi connectivity index (χ1v) is 8.38. The lowest BCUT2D eigenvalue weighted by molar-refractivity contribution is -0.122. The second-order valence-electron chi connectivity index (χ2n) is 6.58. The molecule has 1 saturated heterocycles. The summed E-state index contributed by atoms with van der Waals surface area (Å²) in [6.45, 7) is 8.60. The van der Waals surface area contributed by atoms with Gasteiger partial charge in [-0.1, -0.05) is 26.0 Å². The Morgan fingerprint density at radius 2 is 2.13 bits per heavy atom. The minimum absolute atomic E-state index is 0.0129. The molecule has 4 nitrogen and oxygen atoms in total. The van der Waals surface area contributed by atoms with E-state index in [1.54, 1.807) is 12.1 Å². The van der Waals surface area contributed by atoms with Crippen LogP contribution >= 0.6 is 0 Å². The molecule has 0 saturated carbocycles. The number of nitrogens with zero attached hydrogens (tertiary/aromatic N) is 1. The first-order chi connectivity index (χ1) is 11.0. The van der Waals surface area contributed by atoms with Gasteiger partial charge in [0.15, 0.2) is 0 Å². The highest BCUT2D eigenvalue weighted by Crippen LogP contribution is 2.08. The fourth-order valence-corrected chi connectivity index (χ4v) is 2.81. The van der Waals surface area contributed by atoms with Crippen LogP contribution < -0.4 is 5.32 Å². The van der Waals surface area contributed by atoms with Crippen molar-refractivity contribution in [3.05, 3.63) is 35.6 Å². The number of carbonyl (C=O) groups excluding carboxylic acids is 1. The van der Waals surface area contributed by atoms with Crippen LogP contribution in [-0.4, -0.2) is 49.7 Å². The second-order valence-corrected chi connectivity index (χ2v) is 6.58. The molecule has 1 N–H and O–H groups in total. The molecule has 1 atom stereocenters. The summed E-state index contributed by atoms with van der Waals surface area (Å²) in [5.74, 6) is 0.400. The van der Waals surface area contributed by atoms with E-state index in [0.717, 1.165) is 31.8 Å². The number of halogens is 1. The molecule has 2 rings (SSSR count). The maximum absolute atomic E-state index is 12.8. The lowest BCUT2D eigenvalue weighted by Gasteiger charge is -2.33.